The number of halogens is 3. The van der Waals surface area contributed by atoms with Crippen molar-refractivity contribution in [3.63, 3.8) is 0 Å². The predicted octanol–water partition coefficient (Wildman–Crippen LogP) is 5.36. The molecule has 0 bridgehead atoms. The summed E-state index contributed by atoms with van der Waals surface area (Å²) in [6.45, 7) is 5.90. The van der Waals surface area contributed by atoms with Crippen molar-refractivity contribution in [3.05, 3.63) is 72.1 Å². The summed E-state index contributed by atoms with van der Waals surface area (Å²) in [4.78, 5) is 9.11. The number of methoxy groups -OCH3 is 3. The number of hydrogen-bond donors (Lipinski definition) is 0. The van der Waals surface area contributed by atoms with Crippen molar-refractivity contribution in [3.8, 4) is 28.4 Å². The molecule has 4 rings (SSSR count). The summed E-state index contributed by atoms with van der Waals surface area (Å²) in [6, 6.07) is 16.9. The van der Waals surface area contributed by atoms with E-state index < -0.39 is 0 Å². The summed E-state index contributed by atoms with van der Waals surface area (Å²) in [5.74, 6) is 2.09. The van der Waals surface area contributed by atoms with E-state index in [0.29, 0.717) is 11.5 Å². The van der Waals surface area contributed by atoms with Crippen LogP contribution in [0.25, 0.3) is 11.1 Å². The van der Waals surface area contributed by atoms with Crippen LogP contribution in [0.5, 0.6) is 17.2 Å². The van der Waals surface area contributed by atoms with Crippen molar-refractivity contribution in [2.75, 3.05) is 47.5 Å². The van der Waals surface area contributed by atoms with E-state index in [1.54, 1.807) is 21.3 Å². The fraction of sp³-hybridized carbons (Fsp3) is 0.346. The number of nitrogens with zero attached hydrogens (tertiary/aromatic N) is 3. The summed E-state index contributed by atoms with van der Waals surface area (Å²) in [5, 5.41) is 0. The van der Waals surface area contributed by atoms with Gasteiger partial charge in [0.05, 0.1) is 21.3 Å². The van der Waals surface area contributed by atoms with Crippen molar-refractivity contribution in [1.29, 1.82) is 0 Å². The van der Waals surface area contributed by atoms with Crippen LogP contribution in [0.1, 0.15) is 11.1 Å². The lowest BCUT2D eigenvalue weighted by Gasteiger charge is -2.35. The molecule has 1 aliphatic rings. The summed E-state index contributed by atoms with van der Waals surface area (Å²) in [5.41, 5.74) is 4.90. The lowest BCUT2D eigenvalue weighted by Crippen LogP contribution is -2.45. The Hall–Kier alpha value is -2.22. The van der Waals surface area contributed by atoms with Crippen molar-refractivity contribution >= 4 is 37.2 Å². The molecule has 0 radical (unpaired) electrons. The number of piperazine rings is 1. The number of aromatic nitrogens is 1. The molecule has 9 heteroatoms. The van der Waals surface area contributed by atoms with Crippen molar-refractivity contribution in [2.24, 2.45) is 0 Å². The molecule has 0 N–H and O–H groups in total. The zero-order valence-corrected chi connectivity index (χ0v) is 22.8. The van der Waals surface area contributed by atoms with E-state index in [-0.39, 0.29) is 37.2 Å². The second kappa shape index (κ2) is 15.0. The minimum absolute atomic E-state index is 0. The Balaban J connectivity index is 0.00000204. The van der Waals surface area contributed by atoms with Gasteiger partial charge in [-0.1, -0.05) is 24.3 Å². The van der Waals surface area contributed by atoms with Gasteiger partial charge in [-0.05, 0) is 41.0 Å². The Bertz CT molecular complexity index is 1030. The highest BCUT2D eigenvalue weighted by atomic mass is 35.5. The highest BCUT2D eigenvalue weighted by molar-refractivity contribution is 5.86. The predicted molar refractivity (Wildman–Crippen MR) is 148 cm³/mol. The molecule has 1 saturated heterocycles. The SMILES string of the molecule is COc1ccc(CN2CCN(Cc3cccc(-c4ccncc4)c3)CC2)c(OC)c1OC.Cl.Cl.Cl. The van der Waals surface area contributed by atoms with E-state index in [0.717, 1.165) is 50.6 Å². The third-order valence-corrected chi connectivity index (χ3v) is 5.99. The van der Waals surface area contributed by atoms with Crippen LogP contribution in [-0.4, -0.2) is 62.3 Å². The first-order valence-electron chi connectivity index (χ1n) is 10.9. The summed E-state index contributed by atoms with van der Waals surface area (Å²) in [6.07, 6.45) is 3.68. The monoisotopic (exact) mass is 541 g/mol. The van der Waals surface area contributed by atoms with E-state index in [1.807, 2.05) is 18.5 Å². The Labute approximate surface area is 226 Å². The minimum Gasteiger partial charge on any atom is -0.493 e. The summed E-state index contributed by atoms with van der Waals surface area (Å²) >= 11 is 0. The molecule has 1 aliphatic heterocycles. The zero-order chi connectivity index (χ0) is 22.3. The van der Waals surface area contributed by atoms with Crippen LogP contribution in [0, 0.1) is 0 Å². The molecule has 192 valence electrons. The minimum atomic E-state index is 0. The van der Waals surface area contributed by atoms with E-state index >= 15 is 0 Å². The molecule has 2 aromatic carbocycles. The molecule has 2 heterocycles. The number of benzene rings is 2. The van der Waals surface area contributed by atoms with Gasteiger partial charge in [-0.25, -0.2) is 0 Å². The molecule has 6 nitrogen and oxygen atoms in total. The van der Waals surface area contributed by atoms with Gasteiger partial charge in [-0.3, -0.25) is 14.8 Å². The number of ether oxygens (including phenoxy) is 3. The van der Waals surface area contributed by atoms with Crippen LogP contribution >= 0.6 is 37.2 Å². The van der Waals surface area contributed by atoms with Gasteiger partial charge in [0.15, 0.2) is 11.5 Å². The number of rotatable bonds is 8. The van der Waals surface area contributed by atoms with Crippen LogP contribution in [0.15, 0.2) is 60.9 Å². The first kappa shape index (κ1) is 30.8. The van der Waals surface area contributed by atoms with Gasteiger partial charge in [0, 0.05) is 57.2 Å². The quantitative estimate of drug-likeness (QED) is 0.382. The molecule has 0 spiro atoms. The van der Waals surface area contributed by atoms with Gasteiger partial charge in [0.2, 0.25) is 5.75 Å². The maximum Gasteiger partial charge on any atom is 0.203 e. The van der Waals surface area contributed by atoms with Gasteiger partial charge in [-0.2, -0.15) is 0 Å². The van der Waals surface area contributed by atoms with Gasteiger partial charge in [0.1, 0.15) is 0 Å². The lowest BCUT2D eigenvalue weighted by atomic mass is 10.0. The highest BCUT2D eigenvalue weighted by Gasteiger charge is 2.21. The molecule has 3 aromatic rings. The first-order chi connectivity index (χ1) is 15.7. The Morgan fingerprint density at radius 3 is 1.91 bits per heavy atom. The molecule has 0 aliphatic carbocycles. The van der Waals surface area contributed by atoms with Gasteiger partial charge < -0.3 is 14.2 Å². The van der Waals surface area contributed by atoms with E-state index in [2.05, 4.69) is 57.2 Å². The van der Waals surface area contributed by atoms with Gasteiger partial charge in [-0.15, -0.1) is 37.2 Å². The molecule has 1 fully saturated rings. The van der Waals surface area contributed by atoms with E-state index in [9.17, 15) is 0 Å². The van der Waals surface area contributed by atoms with E-state index in [1.165, 1.54) is 16.7 Å². The molecule has 0 amide bonds. The summed E-state index contributed by atoms with van der Waals surface area (Å²) in [7, 11) is 4.97. The molecular formula is C26H34Cl3N3O3. The smallest absolute Gasteiger partial charge is 0.203 e. The topological polar surface area (TPSA) is 47.1 Å². The molecular weight excluding hydrogens is 509 g/mol. The first-order valence-corrected chi connectivity index (χ1v) is 10.9. The molecule has 0 saturated carbocycles. The van der Waals surface area contributed by atoms with Gasteiger partial charge in [0.25, 0.3) is 0 Å². The number of hydrogen-bond acceptors (Lipinski definition) is 6. The molecule has 0 atom stereocenters. The fourth-order valence-electron chi connectivity index (χ4n) is 4.29. The second-order valence-electron chi connectivity index (χ2n) is 7.98. The third-order valence-electron chi connectivity index (χ3n) is 5.99. The Morgan fingerprint density at radius 1 is 0.686 bits per heavy atom. The van der Waals surface area contributed by atoms with Gasteiger partial charge >= 0.3 is 0 Å². The highest BCUT2D eigenvalue weighted by Crippen LogP contribution is 2.40. The average Bonchev–Trinajstić information content (AvgIpc) is 2.85. The van der Waals surface area contributed by atoms with Crippen LogP contribution < -0.4 is 14.2 Å². The van der Waals surface area contributed by atoms with Crippen LogP contribution in [0.4, 0.5) is 0 Å². The maximum atomic E-state index is 5.65. The number of pyridine rings is 1. The summed E-state index contributed by atoms with van der Waals surface area (Å²) < 4.78 is 16.6. The fourth-order valence-corrected chi connectivity index (χ4v) is 4.29. The van der Waals surface area contributed by atoms with Crippen LogP contribution in [0.2, 0.25) is 0 Å². The standard InChI is InChI=1S/C26H31N3O3.3ClH/c1-30-24-8-7-23(25(31-2)26(24)32-3)19-29-15-13-28(14-16-29)18-20-5-4-6-22(17-20)21-9-11-27-12-10-21;;;/h4-12,17H,13-16,18-19H2,1-3H3;3*1H. The Morgan fingerprint density at radius 2 is 1.31 bits per heavy atom. The largest absolute Gasteiger partial charge is 0.493 e. The van der Waals surface area contributed by atoms with Crippen molar-refractivity contribution in [2.45, 2.75) is 13.1 Å². The normalized spacial score (nSPS) is 13.6. The van der Waals surface area contributed by atoms with Crippen LogP contribution in [0.3, 0.4) is 0 Å². The van der Waals surface area contributed by atoms with Crippen molar-refractivity contribution < 1.29 is 14.2 Å². The molecule has 35 heavy (non-hydrogen) atoms. The maximum absolute atomic E-state index is 5.65. The molecule has 0 unspecified atom stereocenters. The lowest BCUT2D eigenvalue weighted by molar-refractivity contribution is 0.121. The average molecular weight is 543 g/mol. The van der Waals surface area contributed by atoms with E-state index in [4.69, 9.17) is 14.2 Å². The Kier molecular flexibility index (Phi) is 13.2. The van der Waals surface area contributed by atoms with Crippen molar-refractivity contribution in [1.82, 2.24) is 14.8 Å². The van der Waals surface area contributed by atoms with Crippen LogP contribution in [-0.2, 0) is 13.1 Å². The third kappa shape index (κ3) is 7.63. The second-order valence-corrected chi connectivity index (χ2v) is 7.98. The zero-order valence-electron chi connectivity index (χ0n) is 20.3. The molecule has 1 aromatic heterocycles.